The third kappa shape index (κ3) is 2.66. The Kier molecular flexibility index (Phi) is 3.31. The fraction of sp³-hybridized carbons (Fsp3) is 0.562. The van der Waals surface area contributed by atoms with Gasteiger partial charge in [-0.15, -0.1) is 0 Å². The van der Waals surface area contributed by atoms with Crippen LogP contribution in [0.4, 0.5) is 0 Å². The molecule has 3 rings (SSSR count). The van der Waals surface area contributed by atoms with Crippen molar-refractivity contribution in [2.75, 3.05) is 0 Å². The minimum Gasteiger partial charge on any atom is -0.347 e. The van der Waals surface area contributed by atoms with Crippen LogP contribution in [0.5, 0.6) is 0 Å². The molecule has 2 saturated carbocycles. The molecule has 1 aromatic carbocycles. The summed E-state index contributed by atoms with van der Waals surface area (Å²) in [4.78, 5) is 12.2. The fourth-order valence-electron chi connectivity index (χ4n) is 3.24. The third-order valence-electron chi connectivity index (χ3n) is 4.62. The van der Waals surface area contributed by atoms with Crippen molar-refractivity contribution in [2.45, 2.75) is 50.1 Å². The number of benzene rings is 1. The molecule has 102 valence electrons. The maximum absolute atomic E-state index is 12.2. The summed E-state index contributed by atoms with van der Waals surface area (Å²) in [6.07, 6.45) is 6.05. The average molecular weight is 258 g/mol. The first-order chi connectivity index (χ1) is 9.20. The molecule has 2 aliphatic rings. The number of nitrogens with two attached hydrogens (primary N) is 1. The van der Waals surface area contributed by atoms with Gasteiger partial charge in [-0.05, 0) is 37.2 Å². The molecule has 0 aromatic heterocycles. The number of hydrogen-bond acceptors (Lipinski definition) is 2. The monoisotopic (exact) mass is 258 g/mol. The van der Waals surface area contributed by atoms with Gasteiger partial charge in [0.1, 0.15) is 0 Å². The van der Waals surface area contributed by atoms with Crippen molar-refractivity contribution < 1.29 is 4.79 Å². The molecule has 0 heterocycles. The molecule has 19 heavy (non-hydrogen) atoms. The lowest BCUT2D eigenvalue weighted by molar-refractivity contribution is -0.123. The smallest absolute Gasteiger partial charge is 0.221 e. The van der Waals surface area contributed by atoms with Crippen molar-refractivity contribution in [3.63, 3.8) is 0 Å². The van der Waals surface area contributed by atoms with Crippen LogP contribution in [-0.4, -0.2) is 11.9 Å². The van der Waals surface area contributed by atoms with Crippen LogP contribution in [0.25, 0.3) is 0 Å². The van der Waals surface area contributed by atoms with Gasteiger partial charge < -0.3 is 11.1 Å². The fourth-order valence-corrected chi connectivity index (χ4v) is 3.24. The Morgan fingerprint density at radius 2 is 2.00 bits per heavy atom. The summed E-state index contributed by atoms with van der Waals surface area (Å²) in [5, 5.41) is 3.24. The summed E-state index contributed by atoms with van der Waals surface area (Å²) in [5.41, 5.74) is 7.19. The summed E-state index contributed by atoms with van der Waals surface area (Å²) < 4.78 is 0. The Hall–Kier alpha value is -1.35. The predicted molar refractivity (Wildman–Crippen MR) is 75.4 cm³/mol. The van der Waals surface area contributed by atoms with Crippen LogP contribution < -0.4 is 11.1 Å². The summed E-state index contributed by atoms with van der Waals surface area (Å²) in [6, 6.07) is 10.5. The molecule has 3 heteroatoms. The van der Waals surface area contributed by atoms with Gasteiger partial charge in [0, 0.05) is 12.5 Å². The van der Waals surface area contributed by atoms with E-state index < -0.39 is 0 Å². The second-order valence-corrected chi connectivity index (χ2v) is 6.06. The number of nitrogens with one attached hydrogen (secondary N) is 1. The number of hydrogen-bond donors (Lipinski definition) is 2. The molecule has 1 aromatic rings. The van der Waals surface area contributed by atoms with Crippen LogP contribution in [0.1, 0.15) is 44.1 Å². The van der Waals surface area contributed by atoms with Crippen LogP contribution in [0.2, 0.25) is 0 Å². The Morgan fingerprint density at radius 1 is 1.26 bits per heavy atom. The number of carbonyl (C=O) groups excluding carboxylic acids is 1. The maximum atomic E-state index is 12.2. The first-order valence-electron chi connectivity index (χ1n) is 7.32. The molecule has 0 saturated heterocycles. The van der Waals surface area contributed by atoms with Gasteiger partial charge >= 0.3 is 0 Å². The van der Waals surface area contributed by atoms with Gasteiger partial charge in [0.05, 0.1) is 5.54 Å². The minimum absolute atomic E-state index is 0.0823. The molecule has 2 aliphatic carbocycles. The molecule has 2 fully saturated rings. The van der Waals surface area contributed by atoms with Crippen LogP contribution in [-0.2, 0) is 10.3 Å². The molecule has 3 nitrogen and oxygen atoms in total. The summed E-state index contributed by atoms with van der Waals surface area (Å²) in [7, 11) is 0. The second-order valence-electron chi connectivity index (χ2n) is 6.06. The zero-order valence-electron chi connectivity index (χ0n) is 11.3. The lowest BCUT2D eigenvalue weighted by Crippen LogP contribution is -2.37. The summed E-state index contributed by atoms with van der Waals surface area (Å²) in [5.74, 6) is 0.551. The number of amides is 1. The molecule has 0 radical (unpaired) electrons. The van der Waals surface area contributed by atoms with Gasteiger partial charge in [-0.1, -0.05) is 36.8 Å². The predicted octanol–water partition coefficient (Wildman–Crippen LogP) is 2.31. The SMILES string of the molecule is N[C@@H]1CCC[C@H]1CC(=O)NC1(c2ccccc2)CC1. The molecule has 3 N–H and O–H groups in total. The van der Waals surface area contributed by atoms with Crippen LogP contribution in [0.3, 0.4) is 0 Å². The lowest BCUT2D eigenvalue weighted by Gasteiger charge is -2.20. The van der Waals surface area contributed by atoms with E-state index in [-0.39, 0.29) is 17.5 Å². The van der Waals surface area contributed by atoms with Crippen LogP contribution in [0, 0.1) is 5.92 Å². The van der Waals surface area contributed by atoms with E-state index in [1.165, 1.54) is 12.0 Å². The molecule has 0 unspecified atom stereocenters. The first kappa shape index (κ1) is 12.7. The van der Waals surface area contributed by atoms with Gasteiger partial charge in [0.2, 0.25) is 5.91 Å². The highest BCUT2D eigenvalue weighted by atomic mass is 16.1. The van der Waals surface area contributed by atoms with Crippen molar-refractivity contribution in [3.8, 4) is 0 Å². The van der Waals surface area contributed by atoms with Crippen LogP contribution >= 0.6 is 0 Å². The standard InChI is InChI=1S/C16H22N2O/c17-14-8-4-5-12(14)11-15(19)18-16(9-10-16)13-6-2-1-3-7-13/h1-3,6-7,12,14H,4-5,8-11,17H2,(H,18,19)/t12-,14+/m0/s1. The highest BCUT2D eigenvalue weighted by Gasteiger charge is 2.45. The molecule has 1 amide bonds. The van der Waals surface area contributed by atoms with Crippen LogP contribution in [0.15, 0.2) is 30.3 Å². The Bertz CT molecular complexity index is 453. The van der Waals surface area contributed by atoms with E-state index in [9.17, 15) is 4.79 Å². The molecule has 0 bridgehead atoms. The van der Waals surface area contributed by atoms with E-state index in [1.807, 2.05) is 18.2 Å². The quantitative estimate of drug-likeness (QED) is 0.870. The summed E-state index contributed by atoms with van der Waals surface area (Å²) >= 11 is 0. The average Bonchev–Trinajstić information content (AvgIpc) is 3.09. The van der Waals surface area contributed by atoms with Gasteiger partial charge in [0.25, 0.3) is 0 Å². The molecule has 2 atom stereocenters. The van der Waals surface area contributed by atoms with Crippen molar-refractivity contribution in [1.29, 1.82) is 0 Å². The highest BCUT2D eigenvalue weighted by molar-refractivity contribution is 5.78. The first-order valence-corrected chi connectivity index (χ1v) is 7.32. The molecule has 0 spiro atoms. The van der Waals surface area contributed by atoms with Gasteiger partial charge in [-0.25, -0.2) is 0 Å². The zero-order valence-corrected chi connectivity index (χ0v) is 11.3. The molecular weight excluding hydrogens is 236 g/mol. The van der Waals surface area contributed by atoms with Gasteiger partial charge in [0.15, 0.2) is 0 Å². The minimum atomic E-state index is -0.0823. The summed E-state index contributed by atoms with van der Waals surface area (Å²) in [6.45, 7) is 0. The van der Waals surface area contributed by atoms with E-state index in [0.29, 0.717) is 12.3 Å². The highest BCUT2D eigenvalue weighted by Crippen LogP contribution is 2.45. The third-order valence-corrected chi connectivity index (χ3v) is 4.62. The largest absolute Gasteiger partial charge is 0.347 e. The molecule has 0 aliphatic heterocycles. The number of carbonyl (C=O) groups is 1. The van der Waals surface area contributed by atoms with E-state index in [1.54, 1.807) is 0 Å². The Labute approximate surface area is 114 Å². The topological polar surface area (TPSA) is 55.1 Å². The van der Waals surface area contributed by atoms with Gasteiger partial charge in [-0.3, -0.25) is 4.79 Å². The second kappa shape index (κ2) is 4.97. The van der Waals surface area contributed by atoms with E-state index in [0.717, 1.165) is 25.7 Å². The Morgan fingerprint density at radius 3 is 2.58 bits per heavy atom. The van der Waals surface area contributed by atoms with E-state index >= 15 is 0 Å². The van der Waals surface area contributed by atoms with Gasteiger partial charge in [-0.2, -0.15) is 0 Å². The normalized spacial score (nSPS) is 28.1. The van der Waals surface area contributed by atoms with Crippen molar-refractivity contribution >= 4 is 5.91 Å². The van der Waals surface area contributed by atoms with Crippen molar-refractivity contribution in [2.24, 2.45) is 11.7 Å². The Balaban J connectivity index is 1.61. The maximum Gasteiger partial charge on any atom is 0.221 e. The van der Waals surface area contributed by atoms with Crippen molar-refractivity contribution in [3.05, 3.63) is 35.9 Å². The molecular formula is C16H22N2O. The number of rotatable bonds is 4. The van der Waals surface area contributed by atoms with E-state index in [4.69, 9.17) is 5.73 Å². The zero-order chi connectivity index (χ0) is 13.3. The van der Waals surface area contributed by atoms with E-state index in [2.05, 4.69) is 17.4 Å². The lowest BCUT2D eigenvalue weighted by atomic mass is 9.98. The van der Waals surface area contributed by atoms with Crippen molar-refractivity contribution in [1.82, 2.24) is 5.32 Å².